The zero-order valence-electron chi connectivity index (χ0n) is 15.7. The third kappa shape index (κ3) is 5.18. The lowest BCUT2D eigenvalue weighted by Gasteiger charge is -2.45. The van der Waals surface area contributed by atoms with Crippen LogP contribution in [0.2, 0.25) is 0 Å². The largest absolute Gasteiger partial charge is 0.354 e. The number of carbonyl (C=O) groups is 1. The number of hydrogen-bond donors (Lipinski definition) is 2. The van der Waals surface area contributed by atoms with Crippen LogP contribution in [0.1, 0.15) is 58.8 Å². The molecule has 1 aliphatic heterocycles. The molecule has 1 aliphatic carbocycles. The van der Waals surface area contributed by atoms with Crippen LogP contribution in [0, 0.1) is 17.8 Å². The van der Waals surface area contributed by atoms with Gasteiger partial charge < -0.3 is 15.5 Å². The number of piperidine rings is 1. The van der Waals surface area contributed by atoms with Crippen molar-refractivity contribution in [3.63, 3.8) is 0 Å². The lowest BCUT2D eigenvalue weighted by atomic mass is 9.75. The van der Waals surface area contributed by atoms with Gasteiger partial charge in [-0.05, 0) is 70.6 Å². The number of hydrogen-bond acceptors (Lipinski definition) is 3. The van der Waals surface area contributed by atoms with Crippen molar-refractivity contribution in [3.8, 4) is 0 Å². The Balaban J connectivity index is 1.81. The van der Waals surface area contributed by atoms with Crippen LogP contribution in [0.25, 0.3) is 0 Å². The van der Waals surface area contributed by atoms with Gasteiger partial charge >= 0.3 is 0 Å². The summed E-state index contributed by atoms with van der Waals surface area (Å²) in [6.45, 7) is 7.62. The average Bonchev–Trinajstić information content (AvgIpc) is 2.53. The van der Waals surface area contributed by atoms with Crippen LogP contribution in [-0.4, -0.2) is 50.1 Å². The Labute approximate surface area is 142 Å². The second-order valence-electron chi connectivity index (χ2n) is 8.37. The lowest BCUT2D eigenvalue weighted by molar-refractivity contribution is -0.123. The fraction of sp³-hybridized carbons (Fsp3) is 0.947. The van der Waals surface area contributed by atoms with Crippen LogP contribution in [0.4, 0.5) is 0 Å². The molecule has 0 aromatic carbocycles. The first-order valence-corrected chi connectivity index (χ1v) is 9.58. The second-order valence-corrected chi connectivity index (χ2v) is 8.37. The quantitative estimate of drug-likeness (QED) is 0.790. The molecule has 2 aliphatic rings. The Bertz CT molecular complexity index is 379. The van der Waals surface area contributed by atoms with Crippen molar-refractivity contribution in [2.24, 2.45) is 17.8 Å². The highest BCUT2D eigenvalue weighted by Crippen LogP contribution is 2.35. The Hall–Kier alpha value is -0.610. The fourth-order valence-corrected chi connectivity index (χ4v) is 4.56. The number of nitrogens with zero attached hydrogens (tertiary/aromatic N) is 1. The fourth-order valence-electron chi connectivity index (χ4n) is 4.56. The minimum atomic E-state index is 0.158. The lowest BCUT2D eigenvalue weighted by Crippen LogP contribution is -2.55. The molecule has 2 N–H and O–H groups in total. The molecular weight excluding hydrogens is 286 g/mol. The minimum absolute atomic E-state index is 0.158. The van der Waals surface area contributed by atoms with Crippen LogP contribution >= 0.6 is 0 Å². The van der Waals surface area contributed by atoms with E-state index >= 15 is 0 Å². The van der Waals surface area contributed by atoms with Gasteiger partial charge in [0, 0.05) is 18.5 Å². The van der Waals surface area contributed by atoms with Crippen molar-refractivity contribution in [2.45, 2.75) is 64.3 Å². The molecule has 2 fully saturated rings. The van der Waals surface area contributed by atoms with E-state index in [2.05, 4.69) is 43.5 Å². The predicted octanol–water partition coefficient (Wildman–Crippen LogP) is 2.64. The van der Waals surface area contributed by atoms with E-state index in [1.165, 1.54) is 38.5 Å². The van der Waals surface area contributed by atoms with E-state index in [1.54, 1.807) is 0 Å². The first-order chi connectivity index (χ1) is 10.9. The number of likely N-dealkylation sites (N-methyl/N-ethyl adjacent to an activating group) is 1. The number of nitrogens with one attached hydrogen (secondary N) is 2. The van der Waals surface area contributed by atoms with Gasteiger partial charge in [-0.15, -0.1) is 0 Å². The highest BCUT2D eigenvalue weighted by Gasteiger charge is 2.37. The van der Waals surface area contributed by atoms with Crippen LogP contribution in [0.15, 0.2) is 0 Å². The van der Waals surface area contributed by atoms with Gasteiger partial charge in [-0.2, -0.15) is 0 Å². The summed E-state index contributed by atoms with van der Waals surface area (Å²) in [5.41, 5.74) is 0.158. The smallest absolute Gasteiger partial charge is 0.220 e. The summed E-state index contributed by atoms with van der Waals surface area (Å²) in [7, 11) is 4.34. The van der Waals surface area contributed by atoms with E-state index in [9.17, 15) is 4.79 Å². The van der Waals surface area contributed by atoms with Crippen molar-refractivity contribution in [1.82, 2.24) is 15.5 Å². The maximum atomic E-state index is 12.4. The maximum Gasteiger partial charge on any atom is 0.220 e. The summed E-state index contributed by atoms with van der Waals surface area (Å²) in [6.07, 6.45) is 8.13. The summed E-state index contributed by atoms with van der Waals surface area (Å²) in [5, 5.41) is 6.68. The molecule has 1 amide bonds. The van der Waals surface area contributed by atoms with E-state index in [0.29, 0.717) is 18.3 Å². The van der Waals surface area contributed by atoms with Crippen LogP contribution < -0.4 is 10.6 Å². The monoisotopic (exact) mass is 323 g/mol. The molecule has 0 radical (unpaired) electrons. The van der Waals surface area contributed by atoms with E-state index in [4.69, 9.17) is 0 Å². The Morgan fingerprint density at radius 1 is 1.30 bits per heavy atom. The van der Waals surface area contributed by atoms with Gasteiger partial charge in [-0.1, -0.05) is 26.7 Å². The molecule has 1 saturated carbocycles. The molecule has 3 atom stereocenters. The molecule has 2 rings (SSSR count). The maximum absolute atomic E-state index is 12.4. The molecule has 0 bridgehead atoms. The molecule has 23 heavy (non-hydrogen) atoms. The van der Waals surface area contributed by atoms with Crippen molar-refractivity contribution in [3.05, 3.63) is 0 Å². The molecule has 0 aromatic heterocycles. The molecule has 134 valence electrons. The van der Waals surface area contributed by atoms with Crippen molar-refractivity contribution in [2.75, 3.05) is 33.7 Å². The summed E-state index contributed by atoms with van der Waals surface area (Å²) in [5.74, 6) is 2.21. The van der Waals surface area contributed by atoms with Crippen LogP contribution in [-0.2, 0) is 4.79 Å². The van der Waals surface area contributed by atoms with E-state index in [-0.39, 0.29) is 11.4 Å². The third-order valence-corrected chi connectivity index (χ3v) is 6.33. The van der Waals surface area contributed by atoms with Crippen molar-refractivity contribution in [1.29, 1.82) is 0 Å². The minimum Gasteiger partial charge on any atom is -0.354 e. The molecule has 0 aromatic rings. The van der Waals surface area contributed by atoms with Gasteiger partial charge in [0.1, 0.15) is 0 Å². The van der Waals surface area contributed by atoms with Gasteiger partial charge in [-0.25, -0.2) is 0 Å². The highest BCUT2D eigenvalue weighted by atomic mass is 16.1. The number of rotatable bonds is 6. The van der Waals surface area contributed by atoms with E-state index < -0.39 is 0 Å². The van der Waals surface area contributed by atoms with E-state index in [1.807, 2.05) is 0 Å². The Kier molecular flexibility index (Phi) is 6.90. The summed E-state index contributed by atoms with van der Waals surface area (Å²) >= 11 is 0. The van der Waals surface area contributed by atoms with Crippen LogP contribution in [0.3, 0.4) is 0 Å². The number of amides is 1. The molecule has 0 spiro atoms. The molecule has 4 nitrogen and oxygen atoms in total. The van der Waals surface area contributed by atoms with Gasteiger partial charge in [-0.3, -0.25) is 4.79 Å². The molecule has 1 heterocycles. The van der Waals surface area contributed by atoms with Gasteiger partial charge in [0.15, 0.2) is 0 Å². The van der Waals surface area contributed by atoms with E-state index in [0.717, 1.165) is 25.6 Å². The van der Waals surface area contributed by atoms with Gasteiger partial charge in [0.25, 0.3) is 0 Å². The first kappa shape index (κ1) is 18.7. The van der Waals surface area contributed by atoms with Gasteiger partial charge in [0.05, 0.1) is 0 Å². The third-order valence-electron chi connectivity index (χ3n) is 6.33. The molecule has 1 saturated heterocycles. The zero-order chi connectivity index (χ0) is 16.9. The highest BCUT2D eigenvalue weighted by molar-refractivity contribution is 5.76. The average molecular weight is 324 g/mol. The van der Waals surface area contributed by atoms with Crippen molar-refractivity contribution < 1.29 is 4.79 Å². The van der Waals surface area contributed by atoms with Gasteiger partial charge in [0.2, 0.25) is 5.91 Å². The molecule has 4 heteroatoms. The van der Waals surface area contributed by atoms with Crippen molar-refractivity contribution >= 4 is 5.91 Å². The summed E-state index contributed by atoms with van der Waals surface area (Å²) in [4.78, 5) is 14.8. The Morgan fingerprint density at radius 2 is 2.00 bits per heavy atom. The normalized spacial score (nSPS) is 31.1. The topological polar surface area (TPSA) is 44.4 Å². The standard InChI is InChI=1S/C19H37N3O/c1-15-6-5-9-19(13-15,22(3)4)14-21-18(23)12-16(2)17-7-10-20-11-8-17/h15-17,20H,5-14H2,1-4H3,(H,21,23). The predicted molar refractivity (Wildman–Crippen MR) is 96.4 cm³/mol. The first-order valence-electron chi connectivity index (χ1n) is 9.58. The summed E-state index contributed by atoms with van der Waals surface area (Å²) in [6, 6.07) is 0. The SMILES string of the molecule is CC1CCCC(CNC(=O)CC(C)C2CCNCC2)(N(C)C)C1. The molecule has 3 unspecified atom stereocenters. The zero-order valence-corrected chi connectivity index (χ0v) is 15.7. The summed E-state index contributed by atoms with van der Waals surface area (Å²) < 4.78 is 0. The second kappa shape index (κ2) is 8.48. The molecular formula is C19H37N3O. The number of carbonyl (C=O) groups excluding carboxylic acids is 1. The van der Waals surface area contributed by atoms with Crippen LogP contribution in [0.5, 0.6) is 0 Å². The Morgan fingerprint density at radius 3 is 2.61 bits per heavy atom.